The SMILES string of the molecule is Cc1cc(NC(=O)COC(=O)c2ccc(N3CCCC(C)C3)c([N+](=O)[O-])c2)on1. The van der Waals surface area contributed by atoms with Crippen molar-refractivity contribution in [1.29, 1.82) is 0 Å². The molecule has 154 valence electrons. The first kappa shape index (κ1) is 20.3. The predicted octanol–water partition coefficient (Wildman–Crippen LogP) is 2.92. The zero-order chi connectivity index (χ0) is 21.0. The van der Waals surface area contributed by atoms with Crippen LogP contribution >= 0.6 is 0 Å². The number of nitro benzene ring substituents is 1. The minimum atomic E-state index is -0.824. The van der Waals surface area contributed by atoms with Crippen molar-refractivity contribution in [2.45, 2.75) is 26.7 Å². The molecule has 1 fully saturated rings. The molecule has 1 atom stereocenters. The Morgan fingerprint density at radius 2 is 2.21 bits per heavy atom. The van der Waals surface area contributed by atoms with E-state index in [0.717, 1.165) is 25.9 Å². The van der Waals surface area contributed by atoms with Crippen molar-refractivity contribution >= 4 is 29.1 Å². The fraction of sp³-hybridized carbons (Fsp3) is 0.421. The number of hydrogen-bond donors (Lipinski definition) is 1. The van der Waals surface area contributed by atoms with Crippen molar-refractivity contribution in [3.8, 4) is 0 Å². The smallest absolute Gasteiger partial charge is 0.338 e. The molecule has 10 nitrogen and oxygen atoms in total. The Hall–Kier alpha value is -3.43. The first-order valence-electron chi connectivity index (χ1n) is 9.27. The lowest BCUT2D eigenvalue weighted by molar-refractivity contribution is -0.384. The van der Waals surface area contributed by atoms with E-state index in [1.54, 1.807) is 13.0 Å². The van der Waals surface area contributed by atoms with Gasteiger partial charge in [0, 0.05) is 25.2 Å². The topological polar surface area (TPSA) is 128 Å². The number of nitrogens with one attached hydrogen (secondary N) is 1. The average molecular weight is 402 g/mol. The van der Waals surface area contributed by atoms with Gasteiger partial charge in [-0.05, 0) is 37.8 Å². The molecular formula is C19H22N4O6. The number of hydrogen-bond acceptors (Lipinski definition) is 8. The lowest BCUT2D eigenvalue weighted by Gasteiger charge is -2.32. The molecule has 3 rings (SSSR count). The number of esters is 1. The van der Waals surface area contributed by atoms with E-state index in [0.29, 0.717) is 17.3 Å². The number of rotatable bonds is 6. The quantitative estimate of drug-likeness (QED) is 0.444. The summed E-state index contributed by atoms with van der Waals surface area (Å²) in [5.41, 5.74) is 0.924. The molecule has 0 saturated carbocycles. The largest absolute Gasteiger partial charge is 0.452 e. The number of carbonyl (C=O) groups excluding carboxylic acids is 2. The van der Waals surface area contributed by atoms with Crippen LogP contribution in [0.3, 0.4) is 0 Å². The maximum absolute atomic E-state index is 12.2. The average Bonchev–Trinajstić information content (AvgIpc) is 3.10. The fourth-order valence-electron chi connectivity index (χ4n) is 3.28. The fourth-order valence-corrected chi connectivity index (χ4v) is 3.28. The van der Waals surface area contributed by atoms with E-state index in [4.69, 9.17) is 9.26 Å². The maximum atomic E-state index is 12.2. The van der Waals surface area contributed by atoms with Crippen LogP contribution < -0.4 is 10.2 Å². The van der Waals surface area contributed by atoms with Crippen molar-refractivity contribution < 1.29 is 23.8 Å². The van der Waals surface area contributed by atoms with Crippen molar-refractivity contribution in [2.24, 2.45) is 5.92 Å². The molecule has 0 bridgehead atoms. The number of nitro groups is 1. The summed E-state index contributed by atoms with van der Waals surface area (Å²) in [7, 11) is 0. The molecular weight excluding hydrogens is 380 g/mol. The van der Waals surface area contributed by atoms with Crippen LogP contribution in [0, 0.1) is 23.0 Å². The summed E-state index contributed by atoms with van der Waals surface area (Å²) < 4.78 is 9.80. The molecule has 0 aliphatic carbocycles. The highest BCUT2D eigenvalue weighted by Crippen LogP contribution is 2.32. The minimum Gasteiger partial charge on any atom is -0.452 e. The molecule has 1 N–H and O–H groups in total. The molecule has 1 unspecified atom stereocenters. The Balaban J connectivity index is 1.66. The van der Waals surface area contributed by atoms with Gasteiger partial charge in [-0.2, -0.15) is 0 Å². The Bertz CT molecular complexity index is 925. The van der Waals surface area contributed by atoms with Gasteiger partial charge in [0.25, 0.3) is 11.6 Å². The third-order valence-electron chi connectivity index (χ3n) is 4.63. The summed E-state index contributed by atoms with van der Waals surface area (Å²) in [5.74, 6) is -0.850. The molecule has 0 spiro atoms. The first-order chi connectivity index (χ1) is 13.8. The highest BCUT2D eigenvalue weighted by Gasteiger charge is 2.25. The summed E-state index contributed by atoms with van der Waals surface area (Å²) in [6.45, 7) is 4.70. The zero-order valence-corrected chi connectivity index (χ0v) is 16.2. The number of aromatic nitrogens is 1. The van der Waals surface area contributed by atoms with Gasteiger partial charge in [0.15, 0.2) is 6.61 Å². The van der Waals surface area contributed by atoms with Crippen molar-refractivity contribution in [1.82, 2.24) is 5.16 Å². The summed E-state index contributed by atoms with van der Waals surface area (Å²) in [4.78, 5) is 37.1. The van der Waals surface area contributed by atoms with E-state index in [2.05, 4.69) is 17.4 Å². The lowest BCUT2D eigenvalue weighted by Crippen LogP contribution is -2.34. The third-order valence-corrected chi connectivity index (χ3v) is 4.63. The van der Waals surface area contributed by atoms with Crippen molar-refractivity contribution in [2.75, 3.05) is 29.9 Å². The highest BCUT2D eigenvalue weighted by atomic mass is 16.6. The monoisotopic (exact) mass is 402 g/mol. The Kier molecular flexibility index (Phi) is 6.10. The molecule has 0 radical (unpaired) electrons. The van der Waals surface area contributed by atoms with E-state index >= 15 is 0 Å². The van der Waals surface area contributed by atoms with Gasteiger partial charge in [0.2, 0.25) is 5.88 Å². The Morgan fingerprint density at radius 3 is 2.86 bits per heavy atom. The number of aryl methyl sites for hydroxylation is 1. The molecule has 1 saturated heterocycles. The van der Waals surface area contributed by atoms with Crippen LogP contribution in [-0.2, 0) is 9.53 Å². The van der Waals surface area contributed by atoms with Crippen LogP contribution in [0.1, 0.15) is 35.8 Å². The first-order valence-corrected chi connectivity index (χ1v) is 9.27. The Morgan fingerprint density at radius 1 is 1.41 bits per heavy atom. The number of carbonyl (C=O) groups is 2. The number of piperidine rings is 1. The number of anilines is 2. The molecule has 1 aromatic heterocycles. The second-order valence-corrected chi connectivity index (χ2v) is 7.11. The van der Waals surface area contributed by atoms with Gasteiger partial charge in [-0.25, -0.2) is 4.79 Å². The van der Waals surface area contributed by atoms with E-state index in [9.17, 15) is 19.7 Å². The van der Waals surface area contributed by atoms with Gasteiger partial charge in [-0.15, -0.1) is 0 Å². The van der Waals surface area contributed by atoms with Crippen LogP contribution in [0.5, 0.6) is 0 Å². The van der Waals surface area contributed by atoms with Gasteiger partial charge in [-0.1, -0.05) is 12.1 Å². The van der Waals surface area contributed by atoms with E-state index < -0.39 is 23.4 Å². The molecule has 1 amide bonds. The molecule has 10 heteroatoms. The number of benzene rings is 1. The van der Waals surface area contributed by atoms with Gasteiger partial charge in [0.05, 0.1) is 16.2 Å². The minimum absolute atomic E-state index is 0.00816. The molecule has 1 aliphatic heterocycles. The molecule has 2 aromatic rings. The summed E-state index contributed by atoms with van der Waals surface area (Å²) in [6, 6.07) is 5.74. The molecule has 1 aromatic carbocycles. The van der Waals surface area contributed by atoms with E-state index in [1.165, 1.54) is 18.2 Å². The predicted molar refractivity (Wildman–Crippen MR) is 104 cm³/mol. The van der Waals surface area contributed by atoms with Gasteiger partial charge in [-0.3, -0.25) is 20.2 Å². The standard InChI is InChI=1S/C19H22N4O6/c1-12-4-3-7-22(10-12)15-6-5-14(9-16(15)23(26)27)19(25)28-11-17(24)20-18-8-13(2)21-29-18/h5-6,8-9,12H,3-4,7,10-11H2,1-2H3,(H,20,24). The second-order valence-electron chi connectivity index (χ2n) is 7.11. The van der Waals surface area contributed by atoms with Crippen LogP contribution in [-0.4, -0.2) is 41.7 Å². The number of amides is 1. The van der Waals surface area contributed by atoms with Crippen LogP contribution in [0.2, 0.25) is 0 Å². The van der Waals surface area contributed by atoms with Crippen LogP contribution in [0.4, 0.5) is 17.3 Å². The summed E-state index contributed by atoms with van der Waals surface area (Å²) in [6.07, 6.45) is 2.05. The normalized spacial score (nSPS) is 16.3. The van der Waals surface area contributed by atoms with Gasteiger partial charge >= 0.3 is 5.97 Å². The van der Waals surface area contributed by atoms with Gasteiger partial charge < -0.3 is 14.2 Å². The van der Waals surface area contributed by atoms with Gasteiger partial charge in [0.1, 0.15) is 5.69 Å². The van der Waals surface area contributed by atoms with Crippen LogP contribution in [0.25, 0.3) is 0 Å². The lowest BCUT2D eigenvalue weighted by atomic mass is 9.99. The van der Waals surface area contributed by atoms with E-state index in [1.807, 2.05) is 4.90 Å². The van der Waals surface area contributed by atoms with E-state index in [-0.39, 0.29) is 17.1 Å². The zero-order valence-electron chi connectivity index (χ0n) is 16.2. The third kappa shape index (κ3) is 5.09. The molecule has 2 heterocycles. The summed E-state index contributed by atoms with van der Waals surface area (Å²) in [5, 5.41) is 17.6. The van der Waals surface area contributed by atoms with Crippen molar-refractivity contribution in [3.63, 3.8) is 0 Å². The molecule has 1 aliphatic rings. The maximum Gasteiger partial charge on any atom is 0.338 e. The second kappa shape index (κ2) is 8.72. The molecule has 29 heavy (non-hydrogen) atoms. The highest BCUT2D eigenvalue weighted by molar-refractivity contribution is 5.95. The van der Waals surface area contributed by atoms with Crippen molar-refractivity contribution in [3.05, 3.63) is 45.6 Å². The summed E-state index contributed by atoms with van der Waals surface area (Å²) >= 11 is 0. The Labute approximate surface area is 166 Å². The van der Waals surface area contributed by atoms with Crippen LogP contribution in [0.15, 0.2) is 28.8 Å². The number of ether oxygens (including phenoxy) is 1. The number of nitrogens with zero attached hydrogens (tertiary/aromatic N) is 3.